The van der Waals surface area contributed by atoms with Crippen LogP contribution in [0, 0.1) is 0 Å². The number of aromatic amines is 1. The lowest BCUT2D eigenvalue weighted by Gasteiger charge is -2.24. The monoisotopic (exact) mass is 438 g/mol. The summed E-state index contributed by atoms with van der Waals surface area (Å²) in [7, 11) is 0. The lowest BCUT2D eigenvalue weighted by molar-refractivity contribution is -0.117. The summed E-state index contributed by atoms with van der Waals surface area (Å²) in [6, 6.07) is -0.299. The van der Waals surface area contributed by atoms with Crippen LogP contribution in [0.5, 0.6) is 0 Å². The highest BCUT2D eigenvalue weighted by molar-refractivity contribution is 7.13. The second-order valence-electron chi connectivity index (χ2n) is 8.30. The molecule has 1 aliphatic carbocycles. The Bertz CT molecular complexity index is 1080. The number of carbonyl (C=O) groups is 1. The fraction of sp³-hybridized carbons (Fsp3) is 0.476. The number of fused-ring (bicyclic) bond motifs is 1. The first kappa shape index (κ1) is 19.9. The topological polar surface area (TPSA) is 112 Å². The number of nitrogens with zero attached hydrogens (tertiary/aromatic N) is 5. The molecule has 1 unspecified atom stereocenters. The maximum Gasteiger partial charge on any atom is 0.248 e. The molecule has 0 bridgehead atoms. The molecular weight excluding hydrogens is 412 g/mol. The SMILES string of the molecule is CC(C)c1cnc(Nc2nc(N3CCCC3C(=O)Nc3nccs3)nc3c2CCC3)[nH]1. The Morgan fingerprint density at radius 2 is 2.16 bits per heavy atom. The molecule has 2 aliphatic rings. The van der Waals surface area contributed by atoms with Gasteiger partial charge < -0.3 is 20.5 Å². The zero-order valence-electron chi connectivity index (χ0n) is 17.7. The van der Waals surface area contributed by atoms with Gasteiger partial charge in [-0.25, -0.2) is 15.0 Å². The van der Waals surface area contributed by atoms with Crippen molar-refractivity contribution in [3.63, 3.8) is 0 Å². The summed E-state index contributed by atoms with van der Waals surface area (Å²) in [6.07, 6.45) is 8.18. The molecule has 4 heterocycles. The number of carbonyl (C=O) groups excluding carboxylic acids is 1. The van der Waals surface area contributed by atoms with Gasteiger partial charge in [0.15, 0.2) is 5.13 Å². The van der Waals surface area contributed by atoms with Gasteiger partial charge in [-0.15, -0.1) is 11.3 Å². The van der Waals surface area contributed by atoms with Crippen LogP contribution in [0.25, 0.3) is 0 Å². The molecule has 10 heteroatoms. The maximum atomic E-state index is 12.9. The number of thiazole rings is 1. The van der Waals surface area contributed by atoms with Crippen LogP contribution in [0.3, 0.4) is 0 Å². The Hall–Kier alpha value is -3.01. The summed E-state index contributed by atoms with van der Waals surface area (Å²) in [5.41, 5.74) is 3.29. The highest BCUT2D eigenvalue weighted by Crippen LogP contribution is 2.32. The average Bonchev–Trinajstić information content (AvgIpc) is 3.53. The van der Waals surface area contributed by atoms with E-state index in [1.165, 1.54) is 11.3 Å². The minimum atomic E-state index is -0.299. The van der Waals surface area contributed by atoms with Gasteiger partial charge in [-0.2, -0.15) is 4.98 Å². The van der Waals surface area contributed by atoms with Gasteiger partial charge in [0.05, 0.1) is 11.9 Å². The van der Waals surface area contributed by atoms with Crippen molar-refractivity contribution in [1.82, 2.24) is 24.9 Å². The second kappa shape index (κ2) is 8.26. The number of imidazole rings is 1. The minimum Gasteiger partial charge on any atom is -0.329 e. The van der Waals surface area contributed by atoms with Crippen molar-refractivity contribution >= 4 is 40.1 Å². The van der Waals surface area contributed by atoms with Crippen LogP contribution in [-0.2, 0) is 17.6 Å². The molecule has 3 N–H and O–H groups in total. The van der Waals surface area contributed by atoms with Crippen LogP contribution in [0.4, 0.5) is 22.8 Å². The molecule has 1 atom stereocenters. The van der Waals surface area contributed by atoms with Crippen LogP contribution in [0.1, 0.15) is 56.0 Å². The lowest BCUT2D eigenvalue weighted by atomic mass is 10.2. The minimum absolute atomic E-state index is 0.0568. The molecule has 3 aromatic rings. The van der Waals surface area contributed by atoms with Crippen molar-refractivity contribution in [2.75, 3.05) is 22.1 Å². The third-order valence-electron chi connectivity index (χ3n) is 5.85. The van der Waals surface area contributed by atoms with Gasteiger partial charge >= 0.3 is 0 Å². The number of rotatable bonds is 6. The first-order valence-corrected chi connectivity index (χ1v) is 11.6. The summed E-state index contributed by atoms with van der Waals surface area (Å²) in [6.45, 7) is 5.01. The maximum absolute atomic E-state index is 12.9. The number of aryl methyl sites for hydroxylation is 1. The van der Waals surface area contributed by atoms with Gasteiger partial charge in [-0.05, 0) is 38.0 Å². The van der Waals surface area contributed by atoms with E-state index in [9.17, 15) is 4.79 Å². The van der Waals surface area contributed by atoms with Crippen molar-refractivity contribution in [2.24, 2.45) is 0 Å². The van der Waals surface area contributed by atoms with Crippen molar-refractivity contribution in [2.45, 2.75) is 57.9 Å². The van der Waals surface area contributed by atoms with E-state index >= 15 is 0 Å². The van der Waals surface area contributed by atoms with E-state index in [1.807, 2.05) is 16.5 Å². The van der Waals surface area contributed by atoms with E-state index in [-0.39, 0.29) is 11.9 Å². The lowest BCUT2D eigenvalue weighted by Crippen LogP contribution is -2.40. The summed E-state index contributed by atoms with van der Waals surface area (Å²) in [5, 5.41) is 8.76. The highest BCUT2D eigenvalue weighted by atomic mass is 32.1. The summed E-state index contributed by atoms with van der Waals surface area (Å²) in [4.78, 5) is 36.6. The predicted octanol–water partition coefficient (Wildman–Crippen LogP) is 3.62. The molecule has 3 aromatic heterocycles. The van der Waals surface area contributed by atoms with Crippen LogP contribution < -0.4 is 15.5 Å². The van der Waals surface area contributed by atoms with E-state index in [1.54, 1.807) is 6.20 Å². The number of anilines is 4. The van der Waals surface area contributed by atoms with Gasteiger partial charge in [0, 0.05) is 29.4 Å². The third kappa shape index (κ3) is 3.99. The molecule has 1 saturated heterocycles. The van der Waals surface area contributed by atoms with Crippen LogP contribution in [-0.4, -0.2) is 43.4 Å². The number of aromatic nitrogens is 5. The zero-order chi connectivity index (χ0) is 21.4. The van der Waals surface area contributed by atoms with Crippen molar-refractivity contribution in [3.05, 3.63) is 34.7 Å². The van der Waals surface area contributed by atoms with Crippen molar-refractivity contribution < 1.29 is 4.79 Å². The molecule has 0 aromatic carbocycles. The Balaban J connectivity index is 1.42. The smallest absolute Gasteiger partial charge is 0.248 e. The molecule has 9 nitrogen and oxygen atoms in total. The number of amides is 1. The van der Waals surface area contributed by atoms with Gasteiger partial charge in [0.25, 0.3) is 0 Å². The molecule has 1 aliphatic heterocycles. The van der Waals surface area contributed by atoms with Gasteiger partial charge in [0.1, 0.15) is 11.9 Å². The Morgan fingerprint density at radius 1 is 1.26 bits per heavy atom. The predicted molar refractivity (Wildman–Crippen MR) is 121 cm³/mol. The van der Waals surface area contributed by atoms with Crippen LogP contribution in [0.15, 0.2) is 17.8 Å². The van der Waals surface area contributed by atoms with Crippen LogP contribution in [0.2, 0.25) is 0 Å². The quantitative estimate of drug-likeness (QED) is 0.539. The molecule has 1 amide bonds. The van der Waals surface area contributed by atoms with Gasteiger partial charge in [-0.1, -0.05) is 13.8 Å². The molecule has 0 spiro atoms. The van der Waals surface area contributed by atoms with Crippen LogP contribution >= 0.6 is 11.3 Å². The first-order valence-electron chi connectivity index (χ1n) is 10.8. The van der Waals surface area contributed by atoms with E-state index in [0.717, 1.165) is 61.4 Å². The molecule has 162 valence electrons. The normalized spacial score (nSPS) is 17.9. The Kier molecular flexibility index (Phi) is 5.31. The number of H-pyrrole nitrogens is 1. The highest BCUT2D eigenvalue weighted by Gasteiger charge is 2.34. The summed E-state index contributed by atoms with van der Waals surface area (Å²) in [5.74, 6) is 2.39. The molecular formula is C21H26N8OS. The first-order chi connectivity index (χ1) is 15.1. The third-order valence-corrected chi connectivity index (χ3v) is 6.54. The average molecular weight is 439 g/mol. The van der Waals surface area contributed by atoms with Gasteiger partial charge in [0.2, 0.25) is 17.8 Å². The van der Waals surface area contributed by atoms with E-state index in [4.69, 9.17) is 9.97 Å². The fourth-order valence-corrected chi connectivity index (χ4v) is 4.74. The molecule has 0 saturated carbocycles. The Labute approximate surface area is 184 Å². The molecule has 1 fully saturated rings. The molecule has 31 heavy (non-hydrogen) atoms. The number of hydrogen-bond donors (Lipinski definition) is 3. The zero-order valence-corrected chi connectivity index (χ0v) is 18.5. The summed E-state index contributed by atoms with van der Waals surface area (Å²) < 4.78 is 0. The van der Waals surface area contributed by atoms with E-state index in [2.05, 4.69) is 39.4 Å². The fourth-order valence-electron chi connectivity index (χ4n) is 4.21. The largest absolute Gasteiger partial charge is 0.329 e. The van der Waals surface area contributed by atoms with Gasteiger partial charge in [-0.3, -0.25) is 4.79 Å². The molecule has 0 radical (unpaired) electrons. The number of nitrogens with one attached hydrogen (secondary N) is 3. The summed E-state index contributed by atoms with van der Waals surface area (Å²) >= 11 is 1.42. The second-order valence-corrected chi connectivity index (χ2v) is 9.19. The van der Waals surface area contributed by atoms with Crippen molar-refractivity contribution in [3.8, 4) is 0 Å². The van der Waals surface area contributed by atoms with E-state index < -0.39 is 0 Å². The number of hydrogen-bond acceptors (Lipinski definition) is 8. The Morgan fingerprint density at radius 3 is 2.94 bits per heavy atom. The molecule has 5 rings (SSSR count). The standard InChI is InChI=1S/C21H26N8OS/c1-12(2)15-11-23-19(24-15)26-17-13-5-3-6-14(13)25-20(27-17)29-9-4-7-16(29)18(30)28-21-22-8-10-31-21/h8,10-12,16H,3-7,9H2,1-2H3,(H,22,28,30)(H2,23,24,25,26,27). The van der Waals surface area contributed by atoms with E-state index in [0.29, 0.717) is 22.9 Å². The van der Waals surface area contributed by atoms with Crippen molar-refractivity contribution in [1.29, 1.82) is 0 Å².